The molecule has 1 aromatic heterocycles. The maximum absolute atomic E-state index is 12.6. The van der Waals surface area contributed by atoms with Crippen LogP contribution < -0.4 is 10.9 Å². The first kappa shape index (κ1) is 20.9. The summed E-state index contributed by atoms with van der Waals surface area (Å²) in [6.07, 6.45) is 0. The van der Waals surface area contributed by atoms with Crippen LogP contribution in [-0.2, 0) is 9.53 Å². The van der Waals surface area contributed by atoms with E-state index in [2.05, 4.69) is 10.4 Å². The second kappa shape index (κ2) is 8.69. The molecule has 3 aromatic rings. The lowest BCUT2D eigenvalue weighted by Gasteiger charge is -2.13. The van der Waals surface area contributed by atoms with Crippen LogP contribution in [0.5, 0.6) is 0 Å². The number of anilines is 1. The number of nitrogens with one attached hydrogen (secondary N) is 1. The number of fused-ring (bicyclic) bond motifs is 1. The van der Waals surface area contributed by atoms with Crippen LogP contribution in [0.3, 0.4) is 0 Å². The summed E-state index contributed by atoms with van der Waals surface area (Å²) in [7, 11) is 0. The van der Waals surface area contributed by atoms with Crippen molar-refractivity contribution in [1.29, 1.82) is 0 Å². The molecule has 154 valence electrons. The van der Waals surface area contributed by atoms with Crippen molar-refractivity contribution in [3.05, 3.63) is 70.1 Å². The molecule has 0 radical (unpaired) electrons. The van der Waals surface area contributed by atoms with Crippen molar-refractivity contribution in [3.8, 4) is 0 Å². The standard InChI is InChI=1S/C22H21N3O5/c1-13(2)25-21(28)18-10-5-4-9-17(18)20(24-25)22(29)30-12-19(27)23-16-8-6-7-15(11-16)14(3)26/h4-11,13H,12H2,1-3H3,(H,23,27). The molecule has 30 heavy (non-hydrogen) atoms. The van der Waals surface area contributed by atoms with Crippen LogP contribution in [0.25, 0.3) is 10.8 Å². The Bertz CT molecular complexity index is 1200. The summed E-state index contributed by atoms with van der Waals surface area (Å²) in [5.41, 5.74) is 0.530. The highest BCUT2D eigenvalue weighted by Crippen LogP contribution is 2.16. The summed E-state index contributed by atoms with van der Waals surface area (Å²) in [5, 5.41) is 7.44. The van der Waals surface area contributed by atoms with E-state index in [4.69, 9.17) is 4.74 Å². The van der Waals surface area contributed by atoms with Gasteiger partial charge in [-0.2, -0.15) is 5.10 Å². The molecule has 0 aliphatic heterocycles. The lowest BCUT2D eigenvalue weighted by atomic mass is 10.1. The van der Waals surface area contributed by atoms with Gasteiger partial charge in [0, 0.05) is 16.6 Å². The number of ketones is 1. The minimum Gasteiger partial charge on any atom is -0.451 e. The van der Waals surface area contributed by atoms with E-state index >= 15 is 0 Å². The predicted octanol–water partition coefficient (Wildman–Crippen LogP) is 2.98. The Kier molecular flexibility index (Phi) is 6.06. The highest BCUT2D eigenvalue weighted by Gasteiger charge is 2.20. The van der Waals surface area contributed by atoms with Crippen LogP contribution in [-0.4, -0.2) is 34.0 Å². The number of carbonyl (C=O) groups excluding carboxylic acids is 3. The smallest absolute Gasteiger partial charge is 0.359 e. The van der Waals surface area contributed by atoms with Crippen molar-refractivity contribution in [1.82, 2.24) is 9.78 Å². The summed E-state index contributed by atoms with van der Waals surface area (Å²) in [4.78, 5) is 48.8. The minimum absolute atomic E-state index is 0.0368. The van der Waals surface area contributed by atoms with Gasteiger partial charge < -0.3 is 10.1 Å². The monoisotopic (exact) mass is 407 g/mol. The minimum atomic E-state index is -0.812. The summed E-state index contributed by atoms with van der Waals surface area (Å²) >= 11 is 0. The van der Waals surface area contributed by atoms with E-state index in [1.165, 1.54) is 17.7 Å². The third-order valence-electron chi connectivity index (χ3n) is 4.40. The molecule has 1 heterocycles. The van der Waals surface area contributed by atoms with E-state index in [9.17, 15) is 19.2 Å². The first-order chi connectivity index (χ1) is 14.3. The second-order valence-corrected chi connectivity index (χ2v) is 7.00. The Labute approximate surface area is 172 Å². The number of hydrogen-bond acceptors (Lipinski definition) is 6. The largest absolute Gasteiger partial charge is 0.451 e. The van der Waals surface area contributed by atoms with Crippen molar-refractivity contribution in [3.63, 3.8) is 0 Å². The van der Waals surface area contributed by atoms with Crippen LogP contribution in [0.1, 0.15) is 47.7 Å². The predicted molar refractivity (Wildman–Crippen MR) is 112 cm³/mol. The van der Waals surface area contributed by atoms with E-state index < -0.39 is 18.5 Å². The van der Waals surface area contributed by atoms with Gasteiger partial charge in [0.25, 0.3) is 11.5 Å². The van der Waals surface area contributed by atoms with E-state index in [1.54, 1.807) is 56.3 Å². The van der Waals surface area contributed by atoms with Gasteiger partial charge in [0.15, 0.2) is 18.1 Å². The Morgan fingerprint density at radius 2 is 1.77 bits per heavy atom. The first-order valence-corrected chi connectivity index (χ1v) is 9.37. The fourth-order valence-electron chi connectivity index (χ4n) is 2.92. The van der Waals surface area contributed by atoms with Crippen LogP contribution in [0.15, 0.2) is 53.3 Å². The maximum atomic E-state index is 12.6. The molecule has 3 rings (SSSR count). The maximum Gasteiger partial charge on any atom is 0.359 e. The van der Waals surface area contributed by atoms with Gasteiger partial charge in [-0.3, -0.25) is 14.4 Å². The zero-order chi connectivity index (χ0) is 21.8. The zero-order valence-electron chi connectivity index (χ0n) is 16.8. The second-order valence-electron chi connectivity index (χ2n) is 7.00. The number of rotatable bonds is 6. The van der Waals surface area contributed by atoms with Crippen molar-refractivity contribution in [2.24, 2.45) is 0 Å². The molecule has 0 spiro atoms. The number of ether oxygens (including phenoxy) is 1. The molecule has 2 aromatic carbocycles. The SMILES string of the molecule is CC(=O)c1cccc(NC(=O)COC(=O)c2nn(C(C)C)c(=O)c3ccccc23)c1. The average molecular weight is 407 g/mol. The number of aromatic nitrogens is 2. The normalized spacial score (nSPS) is 10.8. The summed E-state index contributed by atoms with van der Waals surface area (Å²) in [6, 6.07) is 12.8. The van der Waals surface area contributed by atoms with Crippen LogP contribution in [0.4, 0.5) is 5.69 Å². The average Bonchev–Trinajstić information content (AvgIpc) is 2.72. The van der Waals surface area contributed by atoms with Crippen LogP contribution >= 0.6 is 0 Å². The molecule has 0 bridgehead atoms. The molecule has 0 saturated heterocycles. The van der Waals surface area contributed by atoms with Gasteiger partial charge in [-0.1, -0.05) is 30.3 Å². The molecule has 0 aliphatic carbocycles. The number of esters is 1. The van der Waals surface area contributed by atoms with Gasteiger partial charge >= 0.3 is 5.97 Å². The third kappa shape index (κ3) is 4.43. The lowest BCUT2D eigenvalue weighted by Crippen LogP contribution is -2.28. The molecular weight excluding hydrogens is 386 g/mol. The zero-order valence-corrected chi connectivity index (χ0v) is 16.8. The van der Waals surface area contributed by atoms with Crippen LogP contribution in [0, 0.1) is 0 Å². The Morgan fingerprint density at radius 3 is 2.43 bits per heavy atom. The van der Waals surface area contributed by atoms with E-state index in [0.717, 1.165) is 0 Å². The summed E-state index contributed by atoms with van der Waals surface area (Å²) in [5.74, 6) is -1.51. The van der Waals surface area contributed by atoms with Crippen LogP contribution in [0.2, 0.25) is 0 Å². The number of carbonyl (C=O) groups is 3. The Hall–Kier alpha value is -3.81. The molecule has 1 amide bonds. The molecule has 0 aliphatic rings. The van der Waals surface area contributed by atoms with Gasteiger partial charge in [-0.25, -0.2) is 9.48 Å². The van der Waals surface area contributed by atoms with E-state index in [0.29, 0.717) is 22.0 Å². The molecular formula is C22H21N3O5. The van der Waals surface area contributed by atoms with Gasteiger partial charge in [0.05, 0.1) is 11.4 Å². The first-order valence-electron chi connectivity index (χ1n) is 9.37. The number of benzene rings is 2. The van der Waals surface area contributed by atoms with E-state index in [1.807, 2.05) is 0 Å². The topological polar surface area (TPSA) is 107 Å². The number of Topliss-reactive ketones (excluding diaryl/α,β-unsaturated/α-hetero) is 1. The van der Waals surface area contributed by atoms with Crippen molar-refractivity contribution in [2.45, 2.75) is 26.8 Å². The van der Waals surface area contributed by atoms with E-state index in [-0.39, 0.29) is 23.1 Å². The summed E-state index contributed by atoms with van der Waals surface area (Å²) in [6.45, 7) is 4.44. The number of hydrogen-bond donors (Lipinski definition) is 1. The Morgan fingerprint density at radius 1 is 1.07 bits per heavy atom. The molecule has 1 N–H and O–H groups in total. The number of amides is 1. The molecule has 8 heteroatoms. The van der Waals surface area contributed by atoms with Gasteiger partial charge in [0.1, 0.15) is 0 Å². The van der Waals surface area contributed by atoms with Crippen molar-refractivity contribution in [2.75, 3.05) is 11.9 Å². The quantitative estimate of drug-likeness (QED) is 0.497. The molecule has 0 saturated carbocycles. The molecule has 0 atom stereocenters. The lowest BCUT2D eigenvalue weighted by molar-refractivity contribution is -0.119. The molecule has 0 fully saturated rings. The van der Waals surface area contributed by atoms with Gasteiger partial charge in [-0.15, -0.1) is 0 Å². The molecule has 0 unspecified atom stereocenters. The fraction of sp³-hybridized carbons (Fsp3) is 0.227. The van der Waals surface area contributed by atoms with Gasteiger partial charge in [-0.05, 0) is 39.0 Å². The Balaban J connectivity index is 1.78. The fourth-order valence-corrected chi connectivity index (χ4v) is 2.92. The molecule has 8 nitrogen and oxygen atoms in total. The summed E-state index contributed by atoms with van der Waals surface area (Å²) < 4.78 is 6.34. The van der Waals surface area contributed by atoms with Gasteiger partial charge in [0.2, 0.25) is 0 Å². The third-order valence-corrected chi connectivity index (χ3v) is 4.40. The highest BCUT2D eigenvalue weighted by atomic mass is 16.5. The van der Waals surface area contributed by atoms with Crippen molar-refractivity contribution >= 4 is 34.1 Å². The number of nitrogens with zero attached hydrogens (tertiary/aromatic N) is 2. The highest BCUT2D eigenvalue weighted by molar-refractivity contribution is 6.03. The van der Waals surface area contributed by atoms with Crippen molar-refractivity contribution < 1.29 is 19.1 Å².